The Morgan fingerprint density at radius 1 is 1.04 bits per heavy atom. The maximum Gasteiger partial charge on any atom is 0.331 e. The summed E-state index contributed by atoms with van der Waals surface area (Å²) in [5.74, 6) is -5.22. The van der Waals surface area contributed by atoms with Crippen LogP contribution in [0.2, 0.25) is 0 Å². The molecular weight excluding hydrogens is 379 g/mol. The summed E-state index contributed by atoms with van der Waals surface area (Å²) in [5, 5.41) is 1.99. The van der Waals surface area contributed by atoms with E-state index in [1.165, 1.54) is 6.08 Å². The Morgan fingerprint density at radius 2 is 1.79 bits per heavy atom. The van der Waals surface area contributed by atoms with Gasteiger partial charge in [0, 0.05) is 6.08 Å². The van der Waals surface area contributed by atoms with Gasteiger partial charge in [-0.15, -0.1) is 0 Å². The molecule has 6 nitrogen and oxygen atoms in total. The van der Waals surface area contributed by atoms with E-state index >= 15 is 0 Å². The third-order valence-corrected chi connectivity index (χ3v) is 3.63. The second kappa shape index (κ2) is 8.47. The predicted molar refractivity (Wildman–Crippen MR) is 92.4 cm³/mol. The van der Waals surface area contributed by atoms with Crippen LogP contribution >= 0.6 is 0 Å². The number of carbonyl (C=O) groups excluding carboxylic acids is 2. The molecule has 2 aromatic rings. The normalized spacial score (nSPS) is 12.7. The molecule has 3 rings (SSSR count). The van der Waals surface area contributed by atoms with Crippen LogP contribution < -0.4 is 14.8 Å². The van der Waals surface area contributed by atoms with Gasteiger partial charge < -0.3 is 19.5 Å². The molecule has 0 bridgehead atoms. The van der Waals surface area contributed by atoms with Crippen LogP contribution in [-0.4, -0.2) is 31.7 Å². The Balaban J connectivity index is 1.52. The predicted octanol–water partition coefficient (Wildman–Crippen LogP) is 3.07. The van der Waals surface area contributed by atoms with Gasteiger partial charge in [0.1, 0.15) is 13.2 Å². The van der Waals surface area contributed by atoms with Crippen molar-refractivity contribution in [1.82, 2.24) is 0 Å². The van der Waals surface area contributed by atoms with E-state index in [9.17, 15) is 22.8 Å². The van der Waals surface area contributed by atoms with E-state index in [0.29, 0.717) is 36.3 Å². The largest absolute Gasteiger partial charge is 0.486 e. The lowest BCUT2D eigenvalue weighted by Gasteiger charge is -2.18. The Bertz CT molecular complexity index is 945. The van der Waals surface area contributed by atoms with Crippen LogP contribution in [0.4, 0.5) is 18.9 Å². The molecule has 0 saturated heterocycles. The summed E-state index contributed by atoms with van der Waals surface area (Å²) in [6, 6.07) is 6.60. The Morgan fingerprint density at radius 3 is 2.57 bits per heavy atom. The summed E-state index contributed by atoms with van der Waals surface area (Å²) in [4.78, 5) is 23.4. The first kappa shape index (κ1) is 19.3. The minimum atomic E-state index is -1.71. The second-order valence-electron chi connectivity index (χ2n) is 5.62. The van der Waals surface area contributed by atoms with E-state index < -0.39 is 41.6 Å². The smallest absolute Gasteiger partial charge is 0.331 e. The van der Waals surface area contributed by atoms with Crippen LogP contribution in [0.1, 0.15) is 5.56 Å². The van der Waals surface area contributed by atoms with Gasteiger partial charge in [0.2, 0.25) is 0 Å². The first-order chi connectivity index (χ1) is 13.4. The number of hydrogen-bond donors (Lipinski definition) is 1. The molecule has 0 fully saturated rings. The maximum absolute atomic E-state index is 13.5. The number of anilines is 1. The summed E-state index contributed by atoms with van der Waals surface area (Å²) in [6.07, 6.45) is 2.55. The summed E-state index contributed by atoms with van der Waals surface area (Å²) in [7, 11) is 0. The van der Waals surface area contributed by atoms with Crippen molar-refractivity contribution >= 4 is 23.6 Å². The fourth-order valence-corrected chi connectivity index (χ4v) is 2.32. The van der Waals surface area contributed by atoms with Crippen LogP contribution in [0.5, 0.6) is 11.5 Å². The zero-order chi connectivity index (χ0) is 20.1. The van der Waals surface area contributed by atoms with Crippen LogP contribution in [0, 0.1) is 17.5 Å². The minimum Gasteiger partial charge on any atom is -0.486 e. The van der Waals surface area contributed by atoms with Gasteiger partial charge in [-0.1, -0.05) is 6.07 Å². The molecule has 0 aromatic heterocycles. The molecule has 146 valence electrons. The Hall–Kier alpha value is -3.49. The first-order valence-electron chi connectivity index (χ1n) is 8.12. The van der Waals surface area contributed by atoms with Crippen molar-refractivity contribution in [2.24, 2.45) is 0 Å². The molecule has 0 aliphatic carbocycles. The fourth-order valence-electron chi connectivity index (χ4n) is 2.32. The summed E-state index contributed by atoms with van der Waals surface area (Å²) in [5.41, 5.74) is 0.0845. The molecule has 0 atom stereocenters. The number of ether oxygens (including phenoxy) is 3. The zero-order valence-electron chi connectivity index (χ0n) is 14.3. The van der Waals surface area contributed by atoms with Gasteiger partial charge in [-0.25, -0.2) is 18.0 Å². The number of fused-ring (bicyclic) bond motifs is 1. The quantitative estimate of drug-likeness (QED) is 0.480. The monoisotopic (exact) mass is 393 g/mol. The summed E-state index contributed by atoms with van der Waals surface area (Å²) >= 11 is 0. The van der Waals surface area contributed by atoms with E-state index in [1.807, 2.05) is 5.32 Å². The average molecular weight is 393 g/mol. The van der Waals surface area contributed by atoms with Crippen molar-refractivity contribution in [3.8, 4) is 11.5 Å². The second-order valence-corrected chi connectivity index (χ2v) is 5.62. The highest BCUT2D eigenvalue weighted by molar-refractivity contribution is 5.94. The van der Waals surface area contributed by atoms with Crippen molar-refractivity contribution in [3.63, 3.8) is 0 Å². The first-order valence-corrected chi connectivity index (χ1v) is 8.12. The third-order valence-electron chi connectivity index (χ3n) is 3.63. The van der Waals surface area contributed by atoms with Crippen molar-refractivity contribution in [2.45, 2.75) is 0 Å². The number of halogens is 3. The number of benzene rings is 2. The molecule has 2 aromatic carbocycles. The molecule has 1 aliphatic heterocycles. The molecule has 1 N–H and O–H groups in total. The molecular formula is C19H14F3NO5. The molecule has 9 heteroatoms. The van der Waals surface area contributed by atoms with Gasteiger partial charge in [0.25, 0.3) is 5.91 Å². The van der Waals surface area contributed by atoms with E-state index in [1.54, 1.807) is 18.2 Å². The number of hydrogen-bond acceptors (Lipinski definition) is 5. The number of amides is 1. The minimum absolute atomic E-state index is 0.426. The Kier molecular flexibility index (Phi) is 5.83. The fraction of sp³-hybridized carbons (Fsp3) is 0.158. The van der Waals surface area contributed by atoms with Crippen LogP contribution in [0.15, 0.2) is 36.4 Å². The topological polar surface area (TPSA) is 73.9 Å². The highest BCUT2D eigenvalue weighted by Gasteiger charge is 2.16. The van der Waals surface area contributed by atoms with E-state index in [0.717, 1.165) is 12.1 Å². The lowest BCUT2D eigenvalue weighted by atomic mass is 10.2. The SMILES string of the molecule is O=C(COC(=O)/C=C/c1ccc2c(c1)OCCO2)Nc1ccc(F)c(F)c1F. The average Bonchev–Trinajstić information content (AvgIpc) is 2.71. The summed E-state index contributed by atoms with van der Waals surface area (Å²) in [6.45, 7) is 0.156. The molecule has 1 aliphatic rings. The Labute approximate surface area is 157 Å². The lowest BCUT2D eigenvalue weighted by Crippen LogP contribution is -2.21. The molecule has 0 spiro atoms. The standard InChI is InChI=1S/C19H14F3NO5/c20-12-3-4-13(19(22)18(12)21)23-16(24)10-28-17(25)6-2-11-1-5-14-15(9-11)27-8-7-26-14/h1-6,9H,7-8,10H2,(H,23,24)/b6-2+. The van der Waals surface area contributed by atoms with Crippen LogP contribution in [0.25, 0.3) is 6.08 Å². The molecule has 28 heavy (non-hydrogen) atoms. The summed E-state index contributed by atoms with van der Waals surface area (Å²) < 4.78 is 55.0. The van der Waals surface area contributed by atoms with Gasteiger partial charge in [-0.05, 0) is 35.9 Å². The molecule has 0 radical (unpaired) electrons. The molecule has 0 unspecified atom stereocenters. The van der Waals surface area contributed by atoms with Crippen molar-refractivity contribution in [1.29, 1.82) is 0 Å². The number of carbonyl (C=O) groups is 2. The van der Waals surface area contributed by atoms with Gasteiger partial charge in [-0.3, -0.25) is 4.79 Å². The highest BCUT2D eigenvalue weighted by atomic mass is 19.2. The zero-order valence-corrected chi connectivity index (χ0v) is 14.3. The van der Waals surface area contributed by atoms with Crippen molar-refractivity contribution in [3.05, 3.63) is 59.4 Å². The van der Waals surface area contributed by atoms with Crippen molar-refractivity contribution in [2.75, 3.05) is 25.1 Å². The van der Waals surface area contributed by atoms with Crippen LogP contribution in [0.3, 0.4) is 0 Å². The van der Waals surface area contributed by atoms with Gasteiger partial charge in [0.15, 0.2) is 35.6 Å². The van der Waals surface area contributed by atoms with Gasteiger partial charge in [0.05, 0.1) is 5.69 Å². The number of nitrogens with one attached hydrogen (secondary N) is 1. The third kappa shape index (κ3) is 4.61. The molecule has 0 saturated carbocycles. The van der Waals surface area contributed by atoms with Crippen molar-refractivity contribution < 1.29 is 37.0 Å². The molecule has 1 amide bonds. The number of esters is 1. The highest BCUT2D eigenvalue weighted by Crippen LogP contribution is 2.31. The van der Waals surface area contributed by atoms with Gasteiger partial charge in [-0.2, -0.15) is 0 Å². The van der Waals surface area contributed by atoms with E-state index in [2.05, 4.69) is 0 Å². The van der Waals surface area contributed by atoms with E-state index in [-0.39, 0.29) is 0 Å². The van der Waals surface area contributed by atoms with Crippen LogP contribution in [-0.2, 0) is 14.3 Å². The van der Waals surface area contributed by atoms with E-state index in [4.69, 9.17) is 14.2 Å². The molecule has 1 heterocycles. The van der Waals surface area contributed by atoms with Gasteiger partial charge >= 0.3 is 5.97 Å². The lowest BCUT2D eigenvalue weighted by molar-refractivity contribution is -0.142. The maximum atomic E-state index is 13.5. The number of rotatable bonds is 5.